The number of benzene rings is 6. The summed E-state index contributed by atoms with van der Waals surface area (Å²) in [5.74, 6) is -21.5. The van der Waals surface area contributed by atoms with Gasteiger partial charge in [-0.15, -0.1) is 0 Å². The maximum atomic E-state index is 13.9. The van der Waals surface area contributed by atoms with Crippen LogP contribution in [0.1, 0.15) is 243 Å². The molecule has 0 aliphatic rings. The molecule has 2 heterocycles. The lowest BCUT2D eigenvalue weighted by Crippen LogP contribution is -2.21. The summed E-state index contributed by atoms with van der Waals surface area (Å²) in [6.45, 7) is 20.9. The van der Waals surface area contributed by atoms with Crippen molar-refractivity contribution in [3.05, 3.63) is 155 Å². The van der Waals surface area contributed by atoms with E-state index in [2.05, 4.69) is 72.6 Å². The Bertz CT molecular complexity index is 5020. The predicted molar refractivity (Wildman–Crippen MR) is 469 cm³/mol. The molecule has 2 aromatic heterocycles. The minimum Gasteiger partial charge on any atom is -0.426 e. The van der Waals surface area contributed by atoms with Gasteiger partial charge in [0.1, 0.15) is 40.5 Å². The monoisotopic (exact) mass is 1820 g/mol. The van der Waals surface area contributed by atoms with Crippen LogP contribution in [0.5, 0.6) is 69.0 Å². The molecule has 8 aromatic rings. The van der Waals surface area contributed by atoms with Crippen LogP contribution in [0, 0.1) is 17.8 Å². The molecule has 40 heteroatoms. The van der Waals surface area contributed by atoms with E-state index in [0.717, 1.165) is 163 Å². The topological polar surface area (TPSA) is 542 Å². The first-order valence-corrected chi connectivity index (χ1v) is 41.5. The number of carbonyl (C=O) groups is 18. The Hall–Kier alpha value is -16.1. The third-order valence-corrected chi connectivity index (χ3v) is 18.2. The number of unbranched alkanes of at least 4 members (excludes halogenated alkanes) is 3. The van der Waals surface area contributed by atoms with Gasteiger partial charge in [-0.3, -0.25) is 96.9 Å². The molecule has 40 nitrogen and oxygen atoms in total. The molecule has 6 aromatic carbocycles. The van der Waals surface area contributed by atoms with Crippen molar-refractivity contribution in [2.45, 2.75) is 181 Å². The van der Waals surface area contributed by atoms with Crippen LogP contribution in [0.25, 0.3) is 0 Å². The normalized spacial score (nSPS) is 11.2. The number of hydrogen-bond acceptors (Lipinski definition) is 34. The fourth-order valence-electron chi connectivity index (χ4n) is 12.0. The van der Waals surface area contributed by atoms with E-state index in [1.54, 1.807) is 0 Å². The Kier molecular flexibility index (Phi) is 38.9. The average molecular weight is 1820 g/mol. The number of nitrogens with zero attached hydrogens (tertiary/aromatic N) is 4. The molecule has 8 rings (SSSR count). The number of amides is 6. The van der Waals surface area contributed by atoms with Crippen LogP contribution in [0.2, 0.25) is 0 Å². The number of carbonyl (C=O) groups excluding carboxylic acids is 18. The quantitative estimate of drug-likeness (QED) is 0.0154. The zero-order chi connectivity index (χ0) is 97.2. The summed E-state index contributed by atoms with van der Waals surface area (Å²) in [4.78, 5) is 245. The summed E-state index contributed by atoms with van der Waals surface area (Å²) in [6, 6.07) is 25.9. The highest BCUT2D eigenvalue weighted by Gasteiger charge is 2.30. The molecule has 3 atom stereocenters. The smallest absolute Gasteiger partial charge is 0.314 e. The number of nitrogens with one attached hydrogen (secondary N) is 6. The first-order valence-electron chi connectivity index (χ1n) is 41.5. The van der Waals surface area contributed by atoms with Crippen molar-refractivity contribution < 1.29 is 143 Å². The molecule has 132 heavy (non-hydrogen) atoms. The van der Waals surface area contributed by atoms with Crippen LogP contribution < -0.4 is 88.7 Å². The largest absolute Gasteiger partial charge is 0.426 e. The lowest BCUT2D eigenvalue weighted by molar-refractivity contribution is -0.140. The van der Waals surface area contributed by atoms with Crippen molar-refractivity contribution in [2.24, 2.45) is 17.8 Å². The summed E-state index contributed by atoms with van der Waals surface area (Å²) >= 11 is 0. The molecular weight excluding hydrogens is 1730 g/mol. The highest BCUT2D eigenvalue weighted by molar-refractivity contribution is 6.10. The van der Waals surface area contributed by atoms with Gasteiger partial charge in [-0.2, -0.15) is 19.9 Å². The van der Waals surface area contributed by atoms with Crippen LogP contribution >= 0.6 is 0 Å². The average Bonchev–Trinajstić information content (AvgIpc) is 0.804. The van der Waals surface area contributed by atoms with E-state index in [4.69, 9.17) is 56.8 Å². The fourth-order valence-corrected chi connectivity index (χ4v) is 12.0. The third kappa shape index (κ3) is 32.4. The Morgan fingerprint density at radius 3 is 0.621 bits per heavy atom. The summed E-state index contributed by atoms with van der Waals surface area (Å²) in [7, 11) is 0. The van der Waals surface area contributed by atoms with Crippen LogP contribution in [0.4, 0.5) is 35.2 Å². The lowest BCUT2D eigenvalue weighted by atomic mass is 10.00. The van der Waals surface area contributed by atoms with Crippen LogP contribution in [0.3, 0.4) is 0 Å². The van der Waals surface area contributed by atoms with Gasteiger partial charge in [0.25, 0.3) is 35.4 Å². The zero-order valence-corrected chi connectivity index (χ0v) is 74.8. The second kappa shape index (κ2) is 49.9. The van der Waals surface area contributed by atoms with Crippen molar-refractivity contribution >= 4 is 142 Å². The Morgan fingerprint density at radius 2 is 0.432 bits per heavy atom. The summed E-state index contributed by atoms with van der Waals surface area (Å²) in [5.41, 5.74) is -0.674. The van der Waals surface area contributed by atoms with E-state index in [-0.39, 0.29) is 69.9 Å². The maximum Gasteiger partial charge on any atom is 0.314 e. The second-order valence-corrected chi connectivity index (χ2v) is 29.0. The van der Waals surface area contributed by atoms with Gasteiger partial charge in [0.05, 0.1) is 17.8 Å². The molecule has 0 saturated heterocycles. The van der Waals surface area contributed by atoms with Gasteiger partial charge in [-0.25, -0.2) is 0 Å². The van der Waals surface area contributed by atoms with E-state index >= 15 is 0 Å². The molecule has 0 aliphatic carbocycles. The van der Waals surface area contributed by atoms with E-state index in [1.807, 2.05) is 20.8 Å². The van der Waals surface area contributed by atoms with Crippen molar-refractivity contribution in [3.8, 4) is 69.0 Å². The van der Waals surface area contributed by atoms with E-state index in [9.17, 15) is 86.3 Å². The molecule has 0 aliphatic heterocycles. The van der Waals surface area contributed by atoms with E-state index in [1.165, 1.54) is 78.9 Å². The van der Waals surface area contributed by atoms with Crippen LogP contribution in [-0.2, 0) is 57.5 Å². The number of aromatic nitrogens is 4. The molecule has 0 fully saturated rings. The first kappa shape index (κ1) is 103. The first-order chi connectivity index (χ1) is 62.7. The molecule has 6 amide bonds. The predicted octanol–water partition coefficient (Wildman–Crippen LogP) is 14.2. The summed E-state index contributed by atoms with van der Waals surface area (Å²) < 4.78 is 62.7. The number of ether oxygens (including phenoxy) is 12. The standard InChI is InChI=1S/C49H61N5O9.C43H37N5O21/c1-7-13-16-32(10-4)46(58)61-38-25-19-35(20-26-38)43(55)50-41-31-42(51-44(56)36-21-27-39(28-22-36)62-47(59)33(11-5)17-14-8-2)53-49(52-41)54-45(57)37-23-29-40(30-24-37)63-48(60)34(12-6)18-15-9-3;1-17(49)61-29-10-26(11-30(62-18(2)50)37(29)67-23(7)55)40(58)44-35-16-36(45-41(59)27-12-31(63-19(3)51)38(68-24(8)56)32(13-27)64-20(4)52)47-43(46-35)48-42(60)28-14-33(65-21(5)53)39(69-25(9)57)34(15-28)66-22(6)54/h19-34H,7-18H2,1-6H3,(H3,50,51,52,53,54,55,56,57);10-16H,1-9H3,(H3,44,45,46,47,48,58,59,60). The van der Waals surface area contributed by atoms with E-state index in [0.29, 0.717) is 36.5 Å². The van der Waals surface area contributed by atoms with Crippen LogP contribution in [0.15, 0.2) is 121 Å². The summed E-state index contributed by atoms with van der Waals surface area (Å²) in [5, 5.41) is 15.0. The Labute approximate surface area is 756 Å². The summed E-state index contributed by atoms with van der Waals surface area (Å²) in [6.07, 6.45) is 9.86. The molecule has 0 saturated carbocycles. The SMILES string of the molecule is CC(=O)Oc1cc(C(=O)Nc2cc(NC(=O)c3cc(OC(C)=O)c(OC(C)=O)c(OC(C)=O)c3)nc(NC(=O)c3cc(OC(C)=O)c(OC(C)=O)c(OC(C)=O)c3)n2)cc(OC(C)=O)c1OC(C)=O.CCCCC(CC)C(=O)Oc1ccc(C(=O)Nc2cc(NC(=O)c3ccc(OC(=O)C(CC)CCCC)cc3)nc(NC(=O)c3ccc(OC(=O)C(CC)CCCC)cc3)n2)cc1. The molecule has 0 radical (unpaired) electrons. The van der Waals surface area contributed by atoms with Gasteiger partial charge in [0, 0.05) is 108 Å². The Balaban J connectivity index is 0.000000362. The van der Waals surface area contributed by atoms with Gasteiger partial charge >= 0.3 is 71.6 Å². The fraction of sp³-hybridized carbons (Fsp3) is 0.326. The van der Waals surface area contributed by atoms with Gasteiger partial charge < -0.3 is 78.1 Å². The third-order valence-electron chi connectivity index (χ3n) is 18.2. The zero-order valence-electron chi connectivity index (χ0n) is 74.8. The van der Waals surface area contributed by atoms with Crippen molar-refractivity contribution in [2.75, 3.05) is 31.9 Å². The number of anilines is 6. The molecule has 6 N–H and O–H groups in total. The number of hydrogen-bond donors (Lipinski definition) is 6. The second-order valence-electron chi connectivity index (χ2n) is 29.0. The Morgan fingerprint density at radius 1 is 0.242 bits per heavy atom. The van der Waals surface area contributed by atoms with Crippen molar-refractivity contribution in [3.63, 3.8) is 0 Å². The minimum atomic E-state index is -1.15. The molecule has 696 valence electrons. The molecular formula is C92H98N10O30. The molecule has 0 spiro atoms. The van der Waals surface area contributed by atoms with Gasteiger partial charge in [-0.05, 0) is 148 Å². The van der Waals surface area contributed by atoms with E-state index < -0.39 is 175 Å². The van der Waals surface area contributed by atoms with Crippen molar-refractivity contribution in [1.82, 2.24) is 19.9 Å². The highest BCUT2D eigenvalue weighted by Crippen LogP contribution is 2.43. The number of esters is 12. The molecule has 3 unspecified atom stereocenters. The van der Waals surface area contributed by atoms with Gasteiger partial charge in [0.2, 0.25) is 29.1 Å². The highest BCUT2D eigenvalue weighted by atomic mass is 16.6. The van der Waals surface area contributed by atoms with Gasteiger partial charge in [-0.1, -0.05) is 80.1 Å². The lowest BCUT2D eigenvalue weighted by Gasteiger charge is -2.16. The minimum absolute atomic E-state index is 0.0514. The number of rotatable bonds is 39. The van der Waals surface area contributed by atoms with Crippen LogP contribution in [-0.4, -0.2) is 127 Å². The van der Waals surface area contributed by atoms with Gasteiger partial charge in [0.15, 0.2) is 34.5 Å². The van der Waals surface area contributed by atoms with Crippen molar-refractivity contribution in [1.29, 1.82) is 0 Å². The maximum absolute atomic E-state index is 13.9. The molecule has 0 bridgehead atoms.